The average Bonchev–Trinajstić information content (AvgIpc) is 2.79. The number of hydrogen-bond donors (Lipinski definition) is 2. The zero-order valence-corrected chi connectivity index (χ0v) is 17.8. The van der Waals surface area contributed by atoms with Gasteiger partial charge >= 0.3 is 12.1 Å². The summed E-state index contributed by atoms with van der Waals surface area (Å²) < 4.78 is 42.9. The van der Waals surface area contributed by atoms with Crippen LogP contribution in [-0.4, -0.2) is 29.2 Å². The summed E-state index contributed by atoms with van der Waals surface area (Å²) in [5, 5.41) is 6.18. The maximum absolute atomic E-state index is 12.6. The van der Waals surface area contributed by atoms with Crippen molar-refractivity contribution in [2.45, 2.75) is 6.18 Å². The van der Waals surface area contributed by atoms with E-state index >= 15 is 0 Å². The van der Waals surface area contributed by atoms with Crippen molar-refractivity contribution in [1.29, 1.82) is 0 Å². The van der Waals surface area contributed by atoms with Crippen LogP contribution in [0.1, 0.15) is 0 Å². The van der Waals surface area contributed by atoms with Gasteiger partial charge in [-0.25, -0.2) is 9.97 Å². The van der Waals surface area contributed by atoms with Crippen LogP contribution in [0.2, 0.25) is 5.02 Å². The number of amides is 1. The van der Waals surface area contributed by atoms with E-state index in [1.54, 1.807) is 42.5 Å². The van der Waals surface area contributed by atoms with Crippen molar-refractivity contribution in [3.63, 3.8) is 0 Å². The molecule has 4 aromatic rings. The molecule has 0 aliphatic rings. The van der Waals surface area contributed by atoms with Crippen LogP contribution >= 0.6 is 11.6 Å². The van der Waals surface area contributed by atoms with Crippen LogP contribution in [0.3, 0.4) is 0 Å². The summed E-state index contributed by atoms with van der Waals surface area (Å²) in [5.41, 5.74) is 2.70. The molecule has 0 aliphatic carbocycles. The van der Waals surface area contributed by atoms with Crippen LogP contribution in [0.5, 0.6) is 5.75 Å². The smallest absolute Gasteiger partial charge is 0.471 e. The summed E-state index contributed by atoms with van der Waals surface area (Å²) in [7, 11) is 1.53. The highest BCUT2D eigenvalue weighted by atomic mass is 35.5. The van der Waals surface area contributed by atoms with Gasteiger partial charge in [0.1, 0.15) is 17.9 Å². The lowest BCUT2D eigenvalue weighted by atomic mass is 10.0. The Balaban J connectivity index is 1.68. The summed E-state index contributed by atoms with van der Waals surface area (Å²) >= 11 is 6.20. The molecule has 10 heteroatoms. The van der Waals surface area contributed by atoms with Gasteiger partial charge < -0.3 is 15.4 Å². The van der Waals surface area contributed by atoms with E-state index in [1.807, 2.05) is 11.4 Å². The van der Waals surface area contributed by atoms with Gasteiger partial charge in [-0.2, -0.15) is 13.2 Å². The molecule has 0 unspecified atom stereocenters. The van der Waals surface area contributed by atoms with Crippen molar-refractivity contribution in [1.82, 2.24) is 9.97 Å². The lowest BCUT2D eigenvalue weighted by Gasteiger charge is -2.12. The van der Waals surface area contributed by atoms with Crippen molar-refractivity contribution >= 4 is 45.6 Å². The monoisotopic (exact) mass is 472 g/mol. The number of nitrogens with zero attached hydrogens (tertiary/aromatic N) is 2. The molecule has 0 aliphatic heterocycles. The predicted molar refractivity (Wildman–Crippen MR) is 121 cm³/mol. The second-order valence-corrected chi connectivity index (χ2v) is 7.37. The van der Waals surface area contributed by atoms with Gasteiger partial charge in [-0.05, 0) is 53.6 Å². The Kier molecular flexibility index (Phi) is 6.06. The SMILES string of the molecule is COc1ccc(Nc2ncnc3ccc(-c4cccc(NC(=O)C(F)(F)F)c4)cc23)cc1Cl. The largest absolute Gasteiger partial charge is 0.495 e. The fourth-order valence-corrected chi connectivity index (χ4v) is 3.45. The minimum absolute atomic E-state index is 0.0328. The van der Waals surface area contributed by atoms with E-state index in [0.29, 0.717) is 44.3 Å². The van der Waals surface area contributed by atoms with Crippen molar-refractivity contribution < 1.29 is 22.7 Å². The second-order valence-electron chi connectivity index (χ2n) is 6.96. The molecule has 0 saturated carbocycles. The van der Waals surface area contributed by atoms with Crippen LogP contribution in [0.15, 0.2) is 67.0 Å². The molecule has 3 aromatic carbocycles. The molecule has 0 bridgehead atoms. The van der Waals surface area contributed by atoms with Gasteiger partial charge in [-0.3, -0.25) is 4.79 Å². The summed E-state index contributed by atoms with van der Waals surface area (Å²) in [6.45, 7) is 0. The predicted octanol–water partition coefficient (Wildman–Crippen LogP) is 6.20. The fraction of sp³-hybridized carbons (Fsp3) is 0.0870. The lowest BCUT2D eigenvalue weighted by Crippen LogP contribution is -2.29. The molecule has 4 rings (SSSR count). The number of carbonyl (C=O) groups is 1. The van der Waals surface area contributed by atoms with E-state index in [2.05, 4.69) is 15.3 Å². The molecule has 6 nitrogen and oxygen atoms in total. The molecule has 33 heavy (non-hydrogen) atoms. The standard InChI is InChI=1S/C23H16ClF3N4O2/c1-33-20-8-6-16(11-18(20)24)30-21-17-10-14(5-7-19(17)28-12-29-21)13-3-2-4-15(9-13)31-22(32)23(25,26)27/h2-12H,1H3,(H,31,32)(H,28,29,30). The Hall–Kier alpha value is -3.85. The Bertz CT molecular complexity index is 1350. The Labute approximate surface area is 191 Å². The van der Waals surface area contributed by atoms with Gasteiger partial charge in [0, 0.05) is 16.8 Å². The number of aromatic nitrogens is 2. The first-order valence-corrected chi connectivity index (χ1v) is 9.96. The van der Waals surface area contributed by atoms with Crippen LogP contribution < -0.4 is 15.4 Å². The molecular weight excluding hydrogens is 457 g/mol. The molecular formula is C23H16ClF3N4O2. The van der Waals surface area contributed by atoms with Crippen molar-refractivity contribution in [2.24, 2.45) is 0 Å². The van der Waals surface area contributed by atoms with Crippen LogP contribution in [0.25, 0.3) is 22.0 Å². The van der Waals surface area contributed by atoms with Crippen LogP contribution in [0.4, 0.5) is 30.4 Å². The van der Waals surface area contributed by atoms with E-state index in [1.165, 1.54) is 25.6 Å². The molecule has 2 N–H and O–H groups in total. The number of fused-ring (bicyclic) bond motifs is 1. The zero-order valence-electron chi connectivity index (χ0n) is 17.1. The van der Waals surface area contributed by atoms with E-state index in [4.69, 9.17) is 16.3 Å². The average molecular weight is 473 g/mol. The molecule has 168 valence electrons. The maximum Gasteiger partial charge on any atom is 0.471 e. The first-order chi connectivity index (χ1) is 15.7. The number of methoxy groups -OCH3 is 1. The number of nitrogens with one attached hydrogen (secondary N) is 2. The minimum Gasteiger partial charge on any atom is -0.495 e. The number of alkyl halides is 3. The topological polar surface area (TPSA) is 76.1 Å². The summed E-state index contributed by atoms with van der Waals surface area (Å²) in [4.78, 5) is 19.8. The number of benzene rings is 3. The number of hydrogen-bond acceptors (Lipinski definition) is 5. The molecule has 1 amide bonds. The third-order valence-corrected chi connectivity index (χ3v) is 5.06. The number of carbonyl (C=O) groups excluding carboxylic acids is 1. The molecule has 0 saturated heterocycles. The van der Waals surface area contributed by atoms with Gasteiger partial charge in [0.05, 0.1) is 17.6 Å². The van der Waals surface area contributed by atoms with Crippen molar-refractivity contribution in [2.75, 3.05) is 17.7 Å². The van der Waals surface area contributed by atoms with Gasteiger partial charge in [-0.15, -0.1) is 0 Å². The number of anilines is 3. The first-order valence-electron chi connectivity index (χ1n) is 9.58. The number of halogens is 4. The van der Waals surface area contributed by atoms with E-state index in [0.717, 1.165) is 0 Å². The summed E-state index contributed by atoms with van der Waals surface area (Å²) in [6, 6.07) is 16.7. The Morgan fingerprint density at radius 2 is 1.76 bits per heavy atom. The van der Waals surface area contributed by atoms with Crippen molar-refractivity contribution in [3.8, 4) is 16.9 Å². The minimum atomic E-state index is -4.97. The quantitative estimate of drug-likeness (QED) is 0.361. The Morgan fingerprint density at radius 1 is 0.970 bits per heavy atom. The molecule has 0 atom stereocenters. The highest BCUT2D eigenvalue weighted by molar-refractivity contribution is 6.32. The van der Waals surface area contributed by atoms with Gasteiger partial charge in [0.15, 0.2) is 0 Å². The van der Waals surface area contributed by atoms with E-state index in [9.17, 15) is 18.0 Å². The maximum atomic E-state index is 12.6. The summed E-state index contributed by atoms with van der Waals surface area (Å²) in [5.74, 6) is -0.977. The Morgan fingerprint density at radius 3 is 2.48 bits per heavy atom. The molecule has 0 spiro atoms. The second kappa shape index (κ2) is 8.95. The van der Waals surface area contributed by atoms with Crippen LogP contribution in [-0.2, 0) is 4.79 Å². The third kappa shape index (κ3) is 4.98. The molecule has 0 fully saturated rings. The van der Waals surface area contributed by atoms with Gasteiger partial charge in [0.25, 0.3) is 0 Å². The first kappa shape index (κ1) is 22.3. The highest BCUT2D eigenvalue weighted by Gasteiger charge is 2.38. The van der Waals surface area contributed by atoms with Crippen molar-refractivity contribution in [3.05, 3.63) is 72.0 Å². The fourth-order valence-electron chi connectivity index (χ4n) is 3.20. The molecule has 1 heterocycles. The molecule has 0 radical (unpaired) electrons. The summed E-state index contributed by atoms with van der Waals surface area (Å²) in [6.07, 6.45) is -3.55. The number of rotatable bonds is 5. The van der Waals surface area contributed by atoms with E-state index in [-0.39, 0.29) is 5.69 Å². The normalized spacial score (nSPS) is 11.3. The highest BCUT2D eigenvalue weighted by Crippen LogP contribution is 2.32. The van der Waals surface area contributed by atoms with E-state index < -0.39 is 12.1 Å². The zero-order chi connectivity index (χ0) is 23.6. The molecule has 1 aromatic heterocycles. The van der Waals surface area contributed by atoms with Crippen LogP contribution in [0, 0.1) is 0 Å². The number of ether oxygens (including phenoxy) is 1. The lowest BCUT2D eigenvalue weighted by molar-refractivity contribution is -0.167. The van der Waals surface area contributed by atoms with Gasteiger partial charge in [0.2, 0.25) is 0 Å². The third-order valence-electron chi connectivity index (χ3n) is 4.76. The van der Waals surface area contributed by atoms with Gasteiger partial charge in [-0.1, -0.05) is 29.8 Å².